The van der Waals surface area contributed by atoms with Gasteiger partial charge in [-0.2, -0.15) is 0 Å². The predicted octanol–water partition coefficient (Wildman–Crippen LogP) is 4.69. The molecule has 3 rings (SSSR count). The van der Waals surface area contributed by atoms with Crippen LogP contribution in [0, 0.1) is 6.92 Å². The first-order valence-electron chi connectivity index (χ1n) is 9.42. The normalized spacial score (nSPS) is 11.4. The molecule has 0 aliphatic rings. The third kappa shape index (κ3) is 6.08. The molecule has 2 N–H and O–H groups in total. The Labute approximate surface area is 189 Å². The van der Waals surface area contributed by atoms with Crippen LogP contribution in [0.2, 0.25) is 0 Å². The van der Waals surface area contributed by atoms with Crippen LogP contribution in [0.15, 0.2) is 62.4 Å². The predicted molar refractivity (Wildman–Crippen MR) is 121 cm³/mol. The van der Waals surface area contributed by atoms with E-state index in [1.54, 1.807) is 6.92 Å². The summed E-state index contributed by atoms with van der Waals surface area (Å²) in [6, 6.07) is 13.0. The molecule has 0 spiro atoms. The van der Waals surface area contributed by atoms with Crippen LogP contribution in [0.4, 0.5) is 11.5 Å². The molecule has 0 radical (unpaired) electrons. The lowest BCUT2D eigenvalue weighted by Crippen LogP contribution is -2.20. The Morgan fingerprint density at radius 3 is 2.45 bits per heavy atom. The van der Waals surface area contributed by atoms with E-state index in [1.807, 2.05) is 18.2 Å². The highest BCUT2D eigenvalue weighted by molar-refractivity contribution is 9.10. The molecule has 164 valence electrons. The summed E-state index contributed by atoms with van der Waals surface area (Å²) in [7, 11) is -3.82. The van der Waals surface area contributed by atoms with Gasteiger partial charge in [-0.1, -0.05) is 25.1 Å². The van der Waals surface area contributed by atoms with Crippen molar-refractivity contribution in [2.75, 3.05) is 16.6 Å². The molecule has 3 aromatic rings. The van der Waals surface area contributed by atoms with Crippen molar-refractivity contribution < 1.29 is 22.5 Å². The second-order valence-corrected chi connectivity index (χ2v) is 9.67. The molecule has 0 fully saturated rings. The van der Waals surface area contributed by atoms with E-state index in [-0.39, 0.29) is 23.2 Å². The molecule has 1 aromatic heterocycles. The molecule has 0 saturated heterocycles. The summed E-state index contributed by atoms with van der Waals surface area (Å²) < 4.78 is 38.3. The van der Waals surface area contributed by atoms with E-state index in [9.17, 15) is 13.2 Å². The number of nitrogens with one attached hydrogen (secondary N) is 2. The fraction of sp³-hybridized carbons (Fsp3) is 0.238. The fourth-order valence-corrected chi connectivity index (χ4v) is 4.16. The van der Waals surface area contributed by atoms with Crippen LogP contribution in [-0.4, -0.2) is 26.1 Å². The zero-order valence-electron chi connectivity index (χ0n) is 17.2. The van der Waals surface area contributed by atoms with Gasteiger partial charge in [0.05, 0.1) is 9.37 Å². The van der Waals surface area contributed by atoms with Gasteiger partial charge in [0.1, 0.15) is 11.5 Å². The van der Waals surface area contributed by atoms with Crippen LogP contribution in [0.3, 0.4) is 0 Å². The van der Waals surface area contributed by atoms with Gasteiger partial charge in [-0.25, -0.2) is 8.42 Å². The SMILES string of the molecule is Cc1cc(NS(=O)(=O)c2ccc(NC(=O)COc3ccc(C(C)C)cc3Br)cc2)no1. The van der Waals surface area contributed by atoms with Gasteiger partial charge in [-0.05, 0) is 70.7 Å². The Balaban J connectivity index is 1.57. The van der Waals surface area contributed by atoms with Gasteiger partial charge in [0.25, 0.3) is 15.9 Å². The quantitative estimate of drug-likeness (QED) is 0.457. The first-order valence-corrected chi connectivity index (χ1v) is 11.7. The van der Waals surface area contributed by atoms with Crippen molar-refractivity contribution in [2.24, 2.45) is 0 Å². The van der Waals surface area contributed by atoms with E-state index < -0.39 is 10.0 Å². The number of carbonyl (C=O) groups excluding carboxylic acids is 1. The molecular weight excluding hydrogens is 486 g/mol. The van der Waals surface area contributed by atoms with Gasteiger partial charge in [0.2, 0.25) is 0 Å². The molecule has 0 aliphatic heterocycles. The number of aryl methyl sites for hydroxylation is 1. The Morgan fingerprint density at radius 1 is 1.16 bits per heavy atom. The number of anilines is 2. The van der Waals surface area contributed by atoms with Gasteiger partial charge in [0.15, 0.2) is 12.4 Å². The van der Waals surface area contributed by atoms with Crippen molar-refractivity contribution >= 4 is 43.4 Å². The zero-order valence-corrected chi connectivity index (χ0v) is 19.6. The molecule has 0 bridgehead atoms. The highest BCUT2D eigenvalue weighted by atomic mass is 79.9. The number of ether oxygens (including phenoxy) is 1. The Morgan fingerprint density at radius 2 is 1.87 bits per heavy atom. The first-order chi connectivity index (χ1) is 14.6. The Bertz CT molecular complexity index is 1170. The Kier molecular flexibility index (Phi) is 7.01. The minimum Gasteiger partial charge on any atom is -0.483 e. The molecule has 1 amide bonds. The highest BCUT2D eigenvalue weighted by Crippen LogP contribution is 2.29. The van der Waals surface area contributed by atoms with E-state index in [1.165, 1.54) is 30.3 Å². The summed E-state index contributed by atoms with van der Waals surface area (Å²) in [5, 5.41) is 6.28. The number of benzene rings is 2. The maximum atomic E-state index is 12.4. The molecule has 0 atom stereocenters. The van der Waals surface area contributed by atoms with Gasteiger partial charge in [-0.15, -0.1) is 0 Å². The van der Waals surface area contributed by atoms with Gasteiger partial charge < -0.3 is 14.6 Å². The monoisotopic (exact) mass is 507 g/mol. The number of hydrogen-bond donors (Lipinski definition) is 2. The molecule has 8 nitrogen and oxygen atoms in total. The summed E-state index contributed by atoms with van der Waals surface area (Å²) in [4.78, 5) is 12.2. The van der Waals surface area contributed by atoms with Crippen LogP contribution in [0.1, 0.15) is 31.1 Å². The molecule has 10 heteroatoms. The highest BCUT2D eigenvalue weighted by Gasteiger charge is 2.16. The van der Waals surface area contributed by atoms with Crippen LogP contribution < -0.4 is 14.8 Å². The smallest absolute Gasteiger partial charge is 0.263 e. The van der Waals surface area contributed by atoms with E-state index in [0.717, 1.165) is 10.0 Å². The van der Waals surface area contributed by atoms with E-state index in [0.29, 0.717) is 23.1 Å². The molecular formula is C21H22BrN3O5S. The second-order valence-electron chi connectivity index (χ2n) is 7.13. The standard InChI is InChI=1S/C21H22BrN3O5S/c1-13(2)15-4-9-19(18(22)11-15)29-12-21(26)23-16-5-7-17(8-6-16)31(27,28)25-20-10-14(3)30-24-20/h4-11,13H,12H2,1-3H3,(H,23,26)(H,24,25). The molecule has 0 aliphatic carbocycles. The van der Waals surface area contributed by atoms with Crippen LogP contribution >= 0.6 is 15.9 Å². The summed E-state index contributed by atoms with van der Waals surface area (Å²) in [5.74, 6) is 1.16. The molecule has 31 heavy (non-hydrogen) atoms. The number of rotatable bonds is 8. The van der Waals surface area contributed by atoms with E-state index >= 15 is 0 Å². The first kappa shape index (κ1) is 22.8. The summed E-state index contributed by atoms with van der Waals surface area (Å²) in [6.07, 6.45) is 0. The largest absolute Gasteiger partial charge is 0.483 e. The average molecular weight is 508 g/mol. The lowest BCUT2D eigenvalue weighted by atomic mass is 10.0. The van der Waals surface area contributed by atoms with Gasteiger partial charge in [-0.3, -0.25) is 9.52 Å². The van der Waals surface area contributed by atoms with Crippen molar-refractivity contribution in [2.45, 2.75) is 31.6 Å². The number of amides is 1. The summed E-state index contributed by atoms with van der Waals surface area (Å²) in [6.45, 7) is 5.66. The summed E-state index contributed by atoms with van der Waals surface area (Å²) >= 11 is 3.45. The van der Waals surface area contributed by atoms with Gasteiger partial charge in [0, 0.05) is 11.8 Å². The number of aromatic nitrogens is 1. The average Bonchev–Trinajstić information content (AvgIpc) is 3.11. The molecule has 0 saturated carbocycles. The summed E-state index contributed by atoms with van der Waals surface area (Å²) in [5.41, 5.74) is 1.60. The molecule has 2 aromatic carbocycles. The minimum absolute atomic E-state index is 0.0246. The van der Waals surface area contributed by atoms with Crippen LogP contribution in [-0.2, 0) is 14.8 Å². The van der Waals surface area contributed by atoms with Crippen LogP contribution in [0.5, 0.6) is 5.75 Å². The maximum Gasteiger partial charge on any atom is 0.263 e. The Hall–Kier alpha value is -2.85. The number of halogens is 1. The van der Waals surface area contributed by atoms with Crippen molar-refractivity contribution in [3.8, 4) is 5.75 Å². The van der Waals surface area contributed by atoms with Gasteiger partial charge >= 0.3 is 0 Å². The lowest BCUT2D eigenvalue weighted by molar-refractivity contribution is -0.118. The third-order valence-electron chi connectivity index (χ3n) is 4.30. The number of sulfonamides is 1. The van der Waals surface area contributed by atoms with Crippen LogP contribution in [0.25, 0.3) is 0 Å². The lowest BCUT2D eigenvalue weighted by Gasteiger charge is -2.12. The maximum absolute atomic E-state index is 12.4. The van der Waals surface area contributed by atoms with Crippen molar-refractivity contribution in [1.29, 1.82) is 0 Å². The third-order valence-corrected chi connectivity index (χ3v) is 6.29. The molecule has 0 unspecified atom stereocenters. The zero-order chi connectivity index (χ0) is 22.6. The molecule has 1 heterocycles. The van der Waals surface area contributed by atoms with Crippen molar-refractivity contribution in [1.82, 2.24) is 5.16 Å². The van der Waals surface area contributed by atoms with Crippen molar-refractivity contribution in [3.05, 3.63) is 64.3 Å². The van der Waals surface area contributed by atoms with Crippen molar-refractivity contribution in [3.63, 3.8) is 0 Å². The van der Waals surface area contributed by atoms with E-state index in [4.69, 9.17) is 9.26 Å². The fourth-order valence-electron chi connectivity index (χ4n) is 2.66. The second kappa shape index (κ2) is 9.52. The minimum atomic E-state index is -3.82. The number of hydrogen-bond acceptors (Lipinski definition) is 6. The van der Waals surface area contributed by atoms with E-state index in [2.05, 4.69) is 45.0 Å². The number of nitrogens with zero attached hydrogens (tertiary/aromatic N) is 1. The topological polar surface area (TPSA) is 111 Å². The number of carbonyl (C=O) groups is 1.